The van der Waals surface area contributed by atoms with E-state index in [1.807, 2.05) is 12.1 Å². The smallest absolute Gasteiger partial charge is 0.115 e. The SMILES string of the molecule is CCC[C@H]1[C@H]2[C@@H]3CCc4cc(O)ccc4[C@H]3[C@@H](F)C[C@]2(C)C[C@H]1O. The lowest BCUT2D eigenvalue weighted by Crippen LogP contribution is -2.47. The Morgan fingerprint density at radius 2 is 2.08 bits per heavy atom. The van der Waals surface area contributed by atoms with Crippen LogP contribution < -0.4 is 0 Å². The van der Waals surface area contributed by atoms with Crippen LogP contribution >= 0.6 is 0 Å². The van der Waals surface area contributed by atoms with Crippen molar-refractivity contribution < 1.29 is 14.6 Å². The summed E-state index contributed by atoms with van der Waals surface area (Å²) in [7, 11) is 0. The number of phenols is 1. The molecule has 0 aromatic heterocycles. The van der Waals surface area contributed by atoms with Crippen LogP contribution in [0.2, 0.25) is 0 Å². The first-order valence-corrected chi connectivity index (χ1v) is 9.58. The molecule has 2 fully saturated rings. The van der Waals surface area contributed by atoms with Crippen molar-refractivity contribution in [2.45, 2.75) is 70.6 Å². The molecule has 7 atom stereocenters. The summed E-state index contributed by atoms with van der Waals surface area (Å²) in [5, 5.41) is 20.4. The molecule has 0 unspecified atom stereocenters. The van der Waals surface area contributed by atoms with Gasteiger partial charge in [-0.25, -0.2) is 4.39 Å². The van der Waals surface area contributed by atoms with Gasteiger partial charge in [-0.3, -0.25) is 0 Å². The first-order valence-electron chi connectivity index (χ1n) is 9.58. The summed E-state index contributed by atoms with van der Waals surface area (Å²) in [6, 6.07) is 5.46. The molecule has 3 aliphatic carbocycles. The molecule has 0 spiro atoms. The second-order valence-electron chi connectivity index (χ2n) is 8.74. The topological polar surface area (TPSA) is 40.5 Å². The van der Waals surface area contributed by atoms with Crippen molar-refractivity contribution in [2.24, 2.45) is 23.2 Å². The number of halogens is 1. The van der Waals surface area contributed by atoms with Gasteiger partial charge in [0.25, 0.3) is 0 Å². The van der Waals surface area contributed by atoms with Crippen LogP contribution in [0.25, 0.3) is 0 Å². The monoisotopic (exact) mass is 332 g/mol. The molecule has 3 heteroatoms. The maximum atomic E-state index is 15.3. The second-order valence-corrected chi connectivity index (χ2v) is 8.74. The number of hydrogen-bond acceptors (Lipinski definition) is 2. The molecule has 0 heterocycles. The fraction of sp³-hybridized carbons (Fsp3) is 0.714. The molecule has 0 saturated heterocycles. The second kappa shape index (κ2) is 5.72. The number of aliphatic hydroxyl groups is 1. The van der Waals surface area contributed by atoms with Crippen molar-refractivity contribution in [1.82, 2.24) is 0 Å². The van der Waals surface area contributed by atoms with Gasteiger partial charge in [-0.15, -0.1) is 0 Å². The number of benzene rings is 1. The van der Waals surface area contributed by atoms with E-state index in [0.29, 0.717) is 24.2 Å². The Morgan fingerprint density at radius 1 is 1.29 bits per heavy atom. The maximum absolute atomic E-state index is 15.3. The van der Waals surface area contributed by atoms with Crippen LogP contribution in [0.5, 0.6) is 5.75 Å². The van der Waals surface area contributed by atoms with Gasteiger partial charge in [-0.2, -0.15) is 0 Å². The first-order chi connectivity index (χ1) is 11.4. The summed E-state index contributed by atoms with van der Waals surface area (Å²) < 4.78 is 15.3. The Balaban J connectivity index is 1.75. The van der Waals surface area contributed by atoms with Gasteiger partial charge >= 0.3 is 0 Å². The standard InChI is InChI=1S/C21H29FO2/c1-3-4-15-18(24)11-21(2)10-17(22)19-14-8-6-13(23)9-12(14)5-7-16(19)20(15)21/h6,8-9,15-20,23-24H,3-5,7,10-11H2,1-2H3/t15-,16-,17+,18-,19-,20+,21-/m1/s1. The molecule has 4 rings (SSSR count). The highest BCUT2D eigenvalue weighted by Crippen LogP contribution is 2.64. The number of fused-ring (bicyclic) bond motifs is 5. The van der Waals surface area contributed by atoms with Gasteiger partial charge in [0.1, 0.15) is 11.9 Å². The number of phenolic OH excluding ortho intramolecular Hbond substituents is 1. The van der Waals surface area contributed by atoms with Crippen LogP contribution in [0.1, 0.15) is 63.0 Å². The van der Waals surface area contributed by atoms with Crippen LogP contribution in [0.4, 0.5) is 4.39 Å². The minimum Gasteiger partial charge on any atom is -0.508 e. The number of aliphatic hydroxyl groups excluding tert-OH is 1. The maximum Gasteiger partial charge on any atom is 0.115 e. The van der Waals surface area contributed by atoms with E-state index in [1.54, 1.807) is 6.07 Å². The molecular formula is C21H29FO2. The summed E-state index contributed by atoms with van der Waals surface area (Å²) in [5.74, 6) is 1.29. The molecule has 0 aliphatic heterocycles. The molecule has 2 N–H and O–H groups in total. The fourth-order valence-electron chi connectivity index (χ4n) is 6.59. The summed E-state index contributed by atoms with van der Waals surface area (Å²) in [6.07, 6.45) is 4.23. The van der Waals surface area contributed by atoms with Gasteiger partial charge in [0.15, 0.2) is 0 Å². The van der Waals surface area contributed by atoms with Gasteiger partial charge in [0, 0.05) is 5.92 Å². The summed E-state index contributed by atoms with van der Waals surface area (Å²) in [5.41, 5.74) is 2.16. The molecule has 24 heavy (non-hydrogen) atoms. The molecular weight excluding hydrogens is 303 g/mol. The quantitative estimate of drug-likeness (QED) is 0.832. The third-order valence-electron chi connectivity index (χ3n) is 7.26. The number of hydrogen-bond donors (Lipinski definition) is 2. The van der Waals surface area contributed by atoms with Crippen LogP contribution in [0.15, 0.2) is 18.2 Å². The van der Waals surface area contributed by atoms with Crippen molar-refractivity contribution in [1.29, 1.82) is 0 Å². The minimum atomic E-state index is -0.840. The van der Waals surface area contributed by atoms with E-state index in [4.69, 9.17) is 0 Å². The van der Waals surface area contributed by atoms with Gasteiger partial charge in [0.2, 0.25) is 0 Å². The van der Waals surface area contributed by atoms with Crippen LogP contribution in [-0.4, -0.2) is 22.5 Å². The third-order valence-corrected chi connectivity index (χ3v) is 7.26. The third kappa shape index (κ3) is 2.31. The van der Waals surface area contributed by atoms with E-state index in [2.05, 4.69) is 13.8 Å². The van der Waals surface area contributed by atoms with E-state index >= 15 is 4.39 Å². The lowest BCUT2D eigenvalue weighted by molar-refractivity contribution is -0.0193. The number of aryl methyl sites for hydroxylation is 1. The normalized spacial score (nSPS) is 43.8. The predicted molar refractivity (Wildman–Crippen MR) is 92.8 cm³/mol. The Hall–Kier alpha value is -1.09. The highest BCUT2D eigenvalue weighted by Gasteiger charge is 2.60. The lowest BCUT2D eigenvalue weighted by Gasteiger charge is -2.52. The van der Waals surface area contributed by atoms with Crippen LogP contribution in [-0.2, 0) is 6.42 Å². The van der Waals surface area contributed by atoms with E-state index in [0.717, 1.165) is 43.2 Å². The van der Waals surface area contributed by atoms with E-state index in [9.17, 15) is 10.2 Å². The number of aromatic hydroxyl groups is 1. The van der Waals surface area contributed by atoms with Gasteiger partial charge in [-0.1, -0.05) is 26.3 Å². The summed E-state index contributed by atoms with van der Waals surface area (Å²) in [4.78, 5) is 0. The van der Waals surface area contributed by atoms with Gasteiger partial charge in [-0.05, 0) is 78.5 Å². The Bertz CT molecular complexity index is 630. The molecule has 132 valence electrons. The van der Waals surface area contributed by atoms with Gasteiger partial charge in [0.05, 0.1) is 6.10 Å². The first kappa shape index (κ1) is 16.4. The van der Waals surface area contributed by atoms with Crippen molar-refractivity contribution in [3.05, 3.63) is 29.3 Å². The van der Waals surface area contributed by atoms with Crippen LogP contribution in [0, 0.1) is 23.2 Å². The Kier molecular flexibility index (Phi) is 3.91. The van der Waals surface area contributed by atoms with E-state index in [-0.39, 0.29) is 23.2 Å². The highest BCUT2D eigenvalue weighted by atomic mass is 19.1. The van der Waals surface area contributed by atoms with E-state index in [1.165, 1.54) is 0 Å². The highest BCUT2D eigenvalue weighted by molar-refractivity contribution is 5.41. The molecule has 0 amide bonds. The number of alkyl halides is 1. The lowest BCUT2D eigenvalue weighted by atomic mass is 9.53. The zero-order valence-electron chi connectivity index (χ0n) is 14.7. The van der Waals surface area contributed by atoms with Crippen molar-refractivity contribution in [3.63, 3.8) is 0 Å². The summed E-state index contributed by atoms with van der Waals surface area (Å²) >= 11 is 0. The fourth-order valence-corrected chi connectivity index (χ4v) is 6.59. The zero-order valence-corrected chi connectivity index (χ0v) is 14.7. The van der Waals surface area contributed by atoms with Crippen molar-refractivity contribution in [2.75, 3.05) is 0 Å². The average molecular weight is 332 g/mol. The Morgan fingerprint density at radius 3 is 2.83 bits per heavy atom. The minimum absolute atomic E-state index is 0.0583. The van der Waals surface area contributed by atoms with Crippen molar-refractivity contribution >= 4 is 0 Å². The van der Waals surface area contributed by atoms with Crippen molar-refractivity contribution in [3.8, 4) is 5.75 Å². The molecule has 2 nitrogen and oxygen atoms in total. The molecule has 0 radical (unpaired) electrons. The van der Waals surface area contributed by atoms with Crippen LogP contribution in [0.3, 0.4) is 0 Å². The van der Waals surface area contributed by atoms with Gasteiger partial charge < -0.3 is 10.2 Å². The predicted octanol–water partition coefficient (Wildman–Crippen LogP) is 4.58. The molecule has 3 aliphatic rings. The largest absolute Gasteiger partial charge is 0.508 e. The molecule has 0 bridgehead atoms. The average Bonchev–Trinajstić information content (AvgIpc) is 2.77. The zero-order chi connectivity index (χ0) is 17.1. The molecule has 2 saturated carbocycles. The Labute approximate surface area is 144 Å². The van der Waals surface area contributed by atoms with E-state index < -0.39 is 6.17 Å². The molecule has 1 aromatic rings. The summed E-state index contributed by atoms with van der Waals surface area (Å²) in [6.45, 7) is 4.39. The number of rotatable bonds is 2. The molecule has 1 aromatic carbocycles.